The number of halogens is 1. The fourth-order valence-corrected chi connectivity index (χ4v) is 3.82. The van der Waals surface area contributed by atoms with Crippen LogP contribution in [0.5, 0.6) is 5.75 Å². The molecule has 1 N–H and O–H groups in total. The number of benzene rings is 1. The second-order valence-corrected chi connectivity index (χ2v) is 6.76. The van der Waals surface area contributed by atoms with Crippen molar-refractivity contribution < 1.29 is 4.74 Å². The number of hydrogen-bond donors (Lipinski definition) is 1. The summed E-state index contributed by atoms with van der Waals surface area (Å²) in [4.78, 5) is 2.07. The molecule has 1 aromatic rings. The van der Waals surface area contributed by atoms with Gasteiger partial charge in [-0.25, -0.2) is 0 Å². The number of thiocarbonyl (C=S) groups is 1. The van der Waals surface area contributed by atoms with E-state index in [-0.39, 0.29) is 12.0 Å². The smallest absolute Gasteiger partial charge is 0.187 e. The molecule has 5 heteroatoms. The van der Waals surface area contributed by atoms with Crippen molar-refractivity contribution in [1.82, 2.24) is 10.2 Å². The van der Waals surface area contributed by atoms with Crippen LogP contribution < -0.4 is 10.1 Å². The van der Waals surface area contributed by atoms with Gasteiger partial charge in [0.2, 0.25) is 0 Å². The third-order valence-electron chi connectivity index (χ3n) is 4.34. The molecule has 3 unspecified atom stereocenters. The molecular formula is C15H17BrN2OS. The normalized spacial score (nSPS) is 31.1. The highest BCUT2D eigenvalue weighted by atomic mass is 79.9. The Morgan fingerprint density at radius 1 is 1.60 bits per heavy atom. The maximum absolute atomic E-state index is 6.32. The lowest BCUT2D eigenvalue weighted by atomic mass is 9.81. The Morgan fingerprint density at radius 3 is 3.05 bits per heavy atom. The molecule has 0 saturated carbocycles. The van der Waals surface area contributed by atoms with Crippen LogP contribution in [0.15, 0.2) is 35.3 Å². The van der Waals surface area contributed by atoms with E-state index in [0.29, 0.717) is 6.54 Å². The highest BCUT2D eigenvalue weighted by Gasteiger charge is 2.52. The van der Waals surface area contributed by atoms with E-state index in [9.17, 15) is 0 Å². The Hall–Kier alpha value is -1.07. The molecule has 0 spiro atoms. The van der Waals surface area contributed by atoms with Crippen molar-refractivity contribution in [3.63, 3.8) is 0 Å². The molecule has 106 valence electrons. The number of fused-ring (bicyclic) bond motifs is 4. The predicted octanol–water partition coefficient (Wildman–Crippen LogP) is 3.61. The van der Waals surface area contributed by atoms with Gasteiger partial charge in [-0.1, -0.05) is 28.9 Å². The molecule has 1 aromatic carbocycles. The Balaban J connectivity index is 2.12. The van der Waals surface area contributed by atoms with E-state index in [2.05, 4.69) is 52.6 Å². The molecule has 0 aromatic heterocycles. The predicted molar refractivity (Wildman–Crippen MR) is 87.7 cm³/mol. The van der Waals surface area contributed by atoms with Gasteiger partial charge in [0.05, 0.1) is 6.04 Å². The molecule has 3 nitrogen and oxygen atoms in total. The highest BCUT2D eigenvalue weighted by molar-refractivity contribution is 9.10. The first-order chi connectivity index (χ1) is 9.47. The van der Waals surface area contributed by atoms with Gasteiger partial charge in [-0.05, 0) is 37.3 Å². The van der Waals surface area contributed by atoms with Crippen molar-refractivity contribution in [2.24, 2.45) is 5.92 Å². The van der Waals surface area contributed by atoms with Crippen LogP contribution in [0.2, 0.25) is 0 Å². The SMILES string of the molecule is C=CCN1C(=S)NC2c3cc(Br)ccc3OC1(C)C2C. The van der Waals surface area contributed by atoms with E-state index in [1.165, 1.54) is 0 Å². The van der Waals surface area contributed by atoms with Crippen LogP contribution in [-0.2, 0) is 0 Å². The van der Waals surface area contributed by atoms with Crippen LogP contribution in [0, 0.1) is 5.92 Å². The molecule has 2 heterocycles. The van der Waals surface area contributed by atoms with Crippen molar-refractivity contribution in [2.75, 3.05) is 6.54 Å². The Kier molecular flexibility index (Phi) is 3.29. The lowest BCUT2D eigenvalue weighted by Gasteiger charge is -2.56. The average Bonchev–Trinajstić information content (AvgIpc) is 2.40. The second-order valence-electron chi connectivity index (χ2n) is 5.45. The lowest BCUT2D eigenvalue weighted by molar-refractivity contribution is -0.106. The van der Waals surface area contributed by atoms with Gasteiger partial charge < -0.3 is 15.0 Å². The minimum atomic E-state index is -0.442. The quantitative estimate of drug-likeness (QED) is 0.649. The van der Waals surface area contributed by atoms with E-state index in [0.717, 1.165) is 20.9 Å². The molecule has 1 saturated heterocycles. The van der Waals surface area contributed by atoms with Gasteiger partial charge in [0, 0.05) is 22.5 Å². The Morgan fingerprint density at radius 2 is 2.35 bits per heavy atom. The van der Waals surface area contributed by atoms with Crippen molar-refractivity contribution in [3.8, 4) is 5.75 Å². The maximum Gasteiger partial charge on any atom is 0.187 e. The molecule has 0 aliphatic carbocycles. The number of nitrogens with one attached hydrogen (secondary N) is 1. The van der Waals surface area contributed by atoms with Crippen LogP contribution in [0.1, 0.15) is 25.5 Å². The topological polar surface area (TPSA) is 24.5 Å². The lowest BCUT2D eigenvalue weighted by Crippen LogP contribution is -2.68. The van der Waals surface area contributed by atoms with Crippen molar-refractivity contribution in [3.05, 3.63) is 40.9 Å². The zero-order chi connectivity index (χ0) is 14.5. The molecule has 2 bridgehead atoms. The van der Waals surface area contributed by atoms with Crippen LogP contribution in [0.4, 0.5) is 0 Å². The van der Waals surface area contributed by atoms with Crippen molar-refractivity contribution in [1.29, 1.82) is 0 Å². The molecule has 2 aliphatic heterocycles. The fraction of sp³-hybridized carbons (Fsp3) is 0.400. The summed E-state index contributed by atoms with van der Waals surface area (Å²) in [7, 11) is 0. The molecule has 3 atom stereocenters. The van der Waals surface area contributed by atoms with Gasteiger partial charge in [-0.15, -0.1) is 6.58 Å². The van der Waals surface area contributed by atoms with Crippen LogP contribution in [0.3, 0.4) is 0 Å². The Bertz CT molecular complexity index is 591. The largest absolute Gasteiger partial charge is 0.467 e. The third-order valence-corrected chi connectivity index (χ3v) is 5.17. The van der Waals surface area contributed by atoms with E-state index in [1.54, 1.807) is 0 Å². The second kappa shape index (κ2) is 4.74. The van der Waals surface area contributed by atoms with Crippen molar-refractivity contribution >= 4 is 33.3 Å². The van der Waals surface area contributed by atoms with Gasteiger partial charge in [0.15, 0.2) is 10.8 Å². The van der Waals surface area contributed by atoms with Crippen LogP contribution in [0.25, 0.3) is 0 Å². The van der Waals surface area contributed by atoms with Crippen LogP contribution in [-0.4, -0.2) is 22.3 Å². The zero-order valence-corrected chi connectivity index (χ0v) is 13.9. The van der Waals surface area contributed by atoms with E-state index >= 15 is 0 Å². The molecule has 20 heavy (non-hydrogen) atoms. The summed E-state index contributed by atoms with van der Waals surface area (Å²) >= 11 is 9.03. The Labute approximate surface area is 133 Å². The molecule has 0 amide bonds. The summed E-state index contributed by atoms with van der Waals surface area (Å²) in [5.41, 5.74) is 0.715. The first-order valence-corrected chi connectivity index (χ1v) is 7.85. The number of hydrogen-bond acceptors (Lipinski definition) is 2. The number of rotatable bonds is 2. The monoisotopic (exact) mass is 352 g/mol. The van der Waals surface area contributed by atoms with Crippen molar-refractivity contribution in [2.45, 2.75) is 25.6 Å². The number of ether oxygens (including phenoxy) is 1. The van der Waals surface area contributed by atoms with E-state index < -0.39 is 5.72 Å². The van der Waals surface area contributed by atoms with Crippen LogP contribution >= 0.6 is 28.1 Å². The maximum atomic E-state index is 6.32. The zero-order valence-electron chi connectivity index (χ0n) is 11.5. The highest BCUT2D eigenvalue weighted by Crippen LogP contribution is 2.48. The molecule has 3 rings (SSSR count). The first kappa shape index (κ1) is 13.9. The summed E-state index contributed by atoms with van der Waals surface area (Å²) in [5, 5.41) is 4.17. The average molecular weight is 353 g/mol. The molecule has 0 radical (unpaired) electrons. The molecule has 2 aliphatic rings. The van der Waals surface area contributed by atoms with Gasteiger partial charge in [0.25, 0.3) is 0 Å². The summed E-state index contributed by atoms with van der Waals surface area (Å²) in [6.45, 7) is 8.79. The summed E-state index contributed by atoms with van der Waals surface area (Å²) < 4.78 is 7.38. The van der Waals surface area contributed by atoms with Gasteiger partial charge in [0.1, 0.15) is 5.75 Å². The van der Waals surface area contributed by atoms with Gasteiger partial charge in [-0.2, -0.15) is 0 Å². The minimum absolute atomic E-state index is 0.176. The standard InChI is InChI=1S/C15H17BrN2OS/c1-4-7-18-14(20)17-13-9(2)15(18,3)19-12-6-5-10(16)8-11(12)13/h4-6,8-9,13H,1,7H2,2-3H3,(H,17,20). The van der Waals surface area contributed by atoms with E-state index in [1.807, 2.05) is 18.2 Å². The van der Waals surface area contributed by atoms with E-state index in [4.69, 9.17) is 17.0 Å². The number of nitrogens with zero attached hydrogens (tertiary/aromatic N) is 1. The third kappa shape index (κ3) is 1.87. The summed E-state index contributed by atoms with van der Waals surface area (Å²) in [5.74, 6) is 1.19. The minimum Gasteiger partial charge on any atom is -0.467 e. The summed E-state index contributed by atoms with van der Waals surface area (Å²) in [6.07, 6.45) is 1.85. The fourth-order valence-electron chi connectivity index (χ4n) is 3.06. The molecule has 1 fully saturated rings. The van der Waals surface area contributed by atoms with Gasteiger partial charge >= 0.3 is 0 Å². The summed E-state index contributed by atoms with van der Waals surface area (Å²) in [6, 6.07) is 6.30. The molecular weight excluding hydrogens is 336 g/mol. The first-order valence-electron chi connectivity index (χ1n) is 6.65. The van der Waals surface area contributed by atoms with Gasteiger partial charge in [-0.3, -0.25) is 0 Å².